The SMILES string of the molecule is O=C(CCc1cccs1)N1CCCN(c2ccccc2)C(=O)C1. The van der Waals surface area contributed by atoms with Crippen LogP contribution in [0.25, 0.3) is 0 Å². The highest BCUT2D eigenvalue weighted by atomic mass is 32.1. The van der Waals surface area contributed by atoms with Crippen molar-refractivity contribution in [2.75, 3.05) is 24.5 Å². The van der Waals surface area contributed by atoms with Gasteiger partial charge in [-0.05, 0) is 36.4 Å². The first kappa shape index (κ1) is 15.7. The van der Waals surface area contributed by atoms with Crippen LogP contribution in [0.2, 0.25) is 0 Å². The van der Waals surface area contributed by atoms with Crippen LogP contribution in [-0.4, -0.2) is 36.3 Å². The second-order valence-corrected chi connectivity index (χ2v) is 6.66. The summed E-state index contributed by atoms with van der Waals surface area (Å²) in [5.74, 6) is 0.0693. The summed E-state index contributed by atoms with van der Waals surface area (Å²) in [6, 6.07) is 13.7. The van der Waals surface area contributed by atoms with Gasteiger partial charge in [0, 0.05) is 30.1 Å². The van der Waals surface area contributed by atoms with Gasteiger partial charge in [0.1, 0.15) is 6.54 Å². The monoisotopic (exact) mass is 328 g/mol. The molecule has 0 saturated carbocycles. The van der Waals surface area contributed by atoms with Gasteiger partial charge in [-0.2, -0.15) is 0 Å². The molecule has 0 aliphatic carbocycles. The van der Waals surface area contributed by atoms with Crippen LogP contribution in [-0.2, 0) is 16.0 Å². The van der Waals surface area contributed by atoms with Gasteiger partial charge in [0.15, 0.2) is 0 Å². The zero-order valence-electron chi connectivity index (χ0n) is 13.0. The molecule has 2 amide bonds. The number of hydrogen-bond acceptors (Lipinski definition) is 3. The van der Waals surface area contributed by atoms with Crippen molar-refractivity contribution in [1.82, 2.24) is 4.90 Å². The van der Waals surface area contributed by atoms with Crippen molar-refractivity contribution in [3.05, 3.63) is 52.7 Å². The number of para-hydroxylation sites is 1. The summed E-state index contributed by atoms with van der Waals surface area (Å²) in [7, 11) is 0. The molecule has 1 aromatic carbocycles. The molecular weight excluding hydrogens is 308 g/mol. The maximum absolute atomic E-state index is 12.5. The number of anilines is 1. The first-order valence-electron chi connectivity index (χ1n) is 7.89. The van der Waals surface area contributed by atoms with Gasteiger partial charge in [-0.3, -0.25) is 9.59 Å². The van der Waals surface area contributed by atoms with Gasteiger partial charge in [0.05, 0.1) is 0 Å². The average Bonchev–Trinajstić information content (AvgIpc) is 3.02. The molecule has 0 spiro atoms. The van der Waals surface area contributed by atoms with Gasteiger partial charge in [-0.15, -0.1) is 11.3 Å². The second kappa shape index (κ2) is 7.42. The Morgan fingerprint density at radius 2 is 1.91 bits per heavy atom. The van der Waals surface area contributed by atoms with Crippen LogP contribution in [0, 0.1) is 0 Å². The molecule has 3 rings (SSSR count). The van der Waals surface area contributed by atoms with E-state index in [1.807, 2.05) is 47.8 Å². The third-order valence-electron chi connectivity index (χ3n) is 4.02. The lowest BCUT2D eigenvalue weighted by molar-refractivity contribution is -0.134. The first-order chi connectivity index (χ1) is 11.2. The summed E-state index contributed by atoms with van der Waals surface area (Å²) < 4.78 is 0. The summed E-state index contributed by atoms with van der Waals surface area (Å²) >= 11 is 1.67. The molecule has 120 valence electrons. The fourth-order valence-electron chi connectivity index (χ4n) is 2.81. The Bertz CT molecular complexity index is 655. The van der Waals surface area contributed by atoms with E-state index < -0.39 is 0 Å². The summed E-state index contributed by atoms with van der Waals surface area (Å²) in [5, 5.41) is 2.02. The van der Waals surface area contributed by atoms with Crippen molar-refractivity contribution < 1.29 is 9.59 Å². The smallest absolute Gasteiger partial charge is 0.246 e. The maximum atomic E-state index is 12.5. The van der Waals surface area contributed by atoms with Gasteiger partial charge in [0.2, 0.25) is 11.8 Å². The molecule has 5 heteroatoms. The van der Waals surface area contributed by atoms with Crippen LogP contribution in [0.1, 0.15) is 17.7 Å². The molecule has 0 bridgehead atoms. The fraction of sp³-hybridized carbons (Fsp3) is 0.333. The fourth-order valence-corrected chi connectivity index (χ4v) is 3.52. The lowest BCUT2D eigenvalue weighted by Crippen LogP contribution is -2.39. The lowest BCUT2D eigenvalue weighted by atomic mass is 10.2. The minimum atomic E-state index is -0.00169. The molecule has 0 N–H and O–H groups in total. The maximum Gasteiger partial charge on any atom is 0.246 e. The molecule has 2 heterocycles. The standard InChI is InChI=1S/C18H20N2O2S/c21-17(10-9-16-8-4-13-23-16)19-11-5-12-20(18(22)14-19)15-6-2-1-3-7-15/h1-4,6-8,13H,5,9-12,14H2. The quantitative estimate of drug-likeness (QED) is 0.866. The third kappa shape index (κ3) is 3.99. The topological polar surface area (TPSA) is 40.6 Å². The molecule has 1 aromatic heterocycles. The number of carbonyl (C=O) groups is 2. The number of aryl methyl sites for hydroxylation is 1. The van der Waals surface area contributed by atoms with Crippen molar-refractivity contribution in [1.29, 1.82) is 0 Å². The van der Waals surface area contributed by atoms with E-state index in [4.69, 9.17) is 0 Å². The molecule has 2 aromatic rings. The van der Waals surface area contributed by atoms with E-state index in [1.165, 1.54) is 4.88 Å². The Kier molecular flexibility index (Phi) is 5.08. The molecule has 0 unspecified atom stereocenters. The van der Waals surface area contributed by atoms with E-state index in [0.717, 1.165) is 18.5 Å². The lowest BCUT2D eigenvalue weighted by Gasteiger charge is -2.22. The van der Waals surface area contributed by atoms with Crippen LogP contribution in [0.5, 0.6) is 0 Å². The molecule has 0 radical (unpaired) electrons. The van der Waals surface area contributed by atoms with E-state index in [9.17, 15) is 9.59 Å². The molecule has 1 saturated heterocycles. The Balaban J connectivity index is 1.60. The van der Waals surface area contributed by atoms with Crippen molar-refractivity contribution in [3.63, 3.8) is 0 Å². The normalized spacial score (nSPS) is 15.6. The Morgan fingerprint density at radius 3 is 2.65 bits per heavy atom. The van der Waals surface area contributed by atoms with Crippen LogP contribution in [0.4, 0.5) is 5.69 Å². The van der Waals surface area contributed by atoms with Gasteiger partial charge < -0.3 is 9.80 Å². The van der Waals surface area contributed by atoms with Crippen molar-refractivity contribution in [2.45, 2.75) is 19.3 Å². The van der Waals surface area contributed by atoms with Gasteiger partial charge in [-0.25, -0.2) is 0 Å². The molecule has 1 aliphatic rings. The Morgan fingerprint density at radius 1 is 1.09 bits per heavy atom. The summed E-state index contributed by atoms with van der Waals surface area (Å²) in [5.41, 5.74) is 0.908. The highest BCUT2D eigenvalue weighted by Crippen LogP contribution is 2.18. The third-order valence-corrected chi connectivity index (χ3v) is 4.96. The second-order valence-electron chi connectivity index (χ2n) is 5.63. The van der Waals surface area contributed by atoms with Gasteiger partial charge in [-0.1, -0.05) is 24.3 Å². The molecule has 4 nitrogen and oxygen atoms in total. The highest BCUT2D eigenvalue weighted by molar-refractivity contribution is 7.09. The van der Waals surface area contributed by atoms with E-state index in [-0.39, 0.29) is 18.4 Å². The highest BCUT2D eigenvalue weighted by Gasteiger charge is 2.25. The summed E-state index contributed by atoms with van der Waals surface area (Å²) in [4.78, 5) is 29.6. The molecule has 1 fully saturated rings. The number of thiophene rings is 1. The number of rotatable bonds is 4. The molecule has 23 heavy (non-hydrogen) atoms. The molecule has 0 atom stereocenters. The van der Waals surface area contributed by atoms with Crippen LogP contribution >= 0.6 is 11.3 Å². The number of benzene rings is 1. The predicted octanol–water partition coefficient (Wildman–Crippen LogP) is 2.95. The van der Waals surface area contributed by atoms with E-state index >= 15 is 0 Å². The average molecular weight is 328 g/mol. The van der Waals surface area contributed by atoms with E-state index in [2.05, 4.69) is 0 Å². The molecule has 1 aliphatic heterocycles. The predicted molar refractivity (Wildman–Crippen MR) is 92.6 cm³/mol. The molecular formula is C18H20N2O2S. The number of amides is 2. The largest absolute Gasteiger partial charge is 0.333 e. The Hall–Kier alpha value is -2.14. The Labute approximate surface area is 140 Å². The zero-order valence-corrected chi connectivity index (χ0v) is 13.8. The minimum absolute atomic E-state index is 0.00169. The number of hydrogen-bond donors (Lipinski definition) is 0. The zero-order chi connectivity index (χ0) is 16.1. The van der Waals surface area contributed by atoms with Crippen molar-refractivity contribution in [3.8, 4) is 0 Å². The number of carbonyl (C=O) groups excluding carboxylic acids is 2. The summed E-state index contributed by atoms with van der Waals surface area (Å²) in [6.07, 6.45) is 2.04. The van der Waals surface area contributed by atoms with Crippen LogP contribution < -0.4 is 4.90 Å². The van der Waals surface area contributed by atoms with Gasteiger partial charge in [0.25, 0.3) is 0 Å². The van der Waals surface area contributed by atoms with E-state index in [1.54, 1.807) is 21.1 Å². The van der Waals surface area contributed by atoms with Gasteiger partial charge >= 0.3 is 0 Å². The van der Waals surface area contributed by atoms with Crippen molar-refractivity contribution >= 4 is 28.8 Å². The van der Waals surface area contributed by atoms with Crippen molar-refractivity contribution in [2.24, 2.45) is 0 Å². The summed E-state index contributed by atoms with van der Waals surface area (Å²) in [6.45, 7) is 1.49. The minimum Gasteiger partial charge on any atom is -0.333 e. The number of nitrogens with zero attached hydrogens (tertiary/aromatic N) is 2. The van der Waals surface area contributed by atoms with Crippen LogP contribution in [0.15, 0.2) is 47.8 Å². The first-order valence-corrected chi connectivity index (χ1v) is 8.77. The van der Waals surface area contributed by atoms with Crippen LogP contribution in [0.3, 0.4) is 0 Å². The van der Waals surface area contributed by atoms with E-state index in [0.29, 0.717) is 19.5 Å².